The van der Waals surface area contributed by atoms with Crippen molar-refractivity contribution in [3.63, 3.8) is 0 Å². The number of carboxylic acid groups (broad SMARTS) is 1. The van der Waals surface area contributed by atoms with Crippen molar-refractivity contribution in [1.82, 2.24) is 14.9 Å². The van der Waals surface area contributed by atoms with Gasteiger partial charge in [-0.3, -0.25) is 4.72 Å². The first-order valence-electron chi connectivity index (χ1n) is 12.1. The minimum absolute atomic E-state index is 0.147. The number of fused-ring (bicyclic) bond motifs is 1. The lowest BCUT2D eigenvalue weighted by Crippen LogP contribution is -2.42. The highest BCUT2D eigenvalue weighted by Crippen LogP contribution is 2.31. The SMILES string of the molecule is CC(C)(CCn1cnc2cc(OC(=O)O)c(O)cc21)NC[C@H](O)c1cccc(NS(=O)(=O)c2ccccc2)c1. The number of carbonyl (C=O) groups is 1. The van der Waals surface area contributed by atoms with Crippen LogP contribution < -0.4 is 14.8 Å². The molecule has 1 atom stereocenters. The molecule has 206 valence electrons. The van der Waals surface area contributed by atoms with Gasteiger partial charge in [-0.05, 0) is 50.1 Å². The molecule has 4 aromatic rings. The van der Waals surface area contributed by atoms with Crippen LogP contribution in [0, 0.1) is 0 Å². The van der Waals surface area contributed by atoms with Crippen molar-refractivity contribution in [2.45, 2.75) is 43.4 Å². The predicted octanol–water partition coefficient (Wildman–Crippen LogP) is 4.09. The summed E-state index contributed by atoms with van der Waals surface area (Å²) in [6.45, 7) is 4.73. The zero-order valence-corrected chi connectivity index (χ0v) is 22.2. The second kappa shape index (κ2) is 11.3. The highest BCUT2D eigenvalue weighted by atomic mass is 32.2. The Kier molecular flexibility index (Phi) is 8.09. The Labute approximate surface area is 225 Å². The van der Waals surface area contributed by atoms with Crippen LogP contribution in [0.25, 0.3) is 11.0 Å². The summed E-state index contributed by atoms with van der Waals surface area (Å²) in [5.41, 5.74) is 1.60. The van der Waals surface area contributed by atoms with Gasteiger partial charge >= 0.3 is 6.16 Å². The van der Waals surface area contributed by atoms with Crippen LogP contribution in [0.3, 0.4) is 0 Å². The number of sulfonamides is 1. The number of β-amino-alcohol motifs (C(OH)–C–C–N with tert-alkyl or cyclic N) is 1. The molecule has 11 nitrogen and oxygen atoms in total. The number of phenolic OH excluding ortho intramolecular Hbond substituents is 1. The summed E-state index contributed by atoms with van der Waals surface area (Å²) >= 11 is 0. The fourth-order valence-electron chi connectivity index (χ4n) is 4.03. The van der Waals surface area contributed by atoms with Gasteiger partial charge in [0, 0.05) is 36.4 Å². The molecule has 0 saturated heterocycles. The molecule has 0 saturated carbocycles. The summed E-state index contributed by atoms with van der Waals surface area (Å²) < 4.78 is 34.2. The molecule has 0 amide bonds. The van der Waals surface area contributed by atoms with E-state index in [1.165, 1.54) is 24.3 Å². The normalized spacial score (nSPS) is 12.8. The highest BCUT2D eigenvalue weighted by molar-refractivity contribution is 7.92. The molecule has 0 fully saturated rings. The second-order valence-corrected chi connectivity index (χ2v) is 11.4. The molecular formula is C27H30N4O7S. The molecule has 0 radical (unpaired) electrons. The zero-order chi connectivity index (χ0) is 28.2. The van der Waals surface area contributed by atoms with Crippen molar-refractivity contribution in [1.29, 1.82) is 0 Å². The number of aromatic hydroxyl groups is 1. The Morgan fingerprint density at radius 2 is 1.85 bits per heavy atom. The van der Waals surface area contributed by atoms with Gasteiger partial charge in [0.05, 0.1) is 28.4 Å². The molecule has 0 aliphatic carbocycles. The fourth-order valence-corrected chi connectivity index (χ4v) is 5.10. The molecule has 0 spiro atoms. The number of aryl methyl sites for hydroxylation is 1. The van der Waals surface area contributed by atoms with Crippen LogP contribution in [0.2, 0.25) is 0 Å². The third-order valence-corrected chi connectivity index (χ3v) is 7.63. The summed E-state index contributed by atoms with van der Waals surface area (Å²) in [4.78, 5) is 15.2. The molecule has 0 aliphatic heterocycles. The molecule has 0 bridgehead atoms. The lowest BCUT2D eigenvalue weighted by molar-refractivity contribution is 0.143. The van der Waals surface area contributed by atoms with Crippen LogP contribution in [-0.2, 0) is 16.6 Å². The van der Waals surface area contributed by atoms with Crippen molar-refractivity contribution in [2.75, 3.05) is 11.3 Å². The van der Waals surface area contributed by atoms with Gasteiger partial charge in [-0.1, -0.05) is 30.3 Å². The smallest absolute Gasteiger partial charge is 0.504 e. The Hall–Kier alpha value is -4.13. The van der Waals surface area contributed by atoms with Crippen LogP contribution in [0.4, 0.5) is 10.5 Å². The number of hydrogen-bond acceptors (Lipinski definition) is 8. The Bertz CT molecular complexity index is 1570. The molecule has 1 heterocycles. The van der Waals surface area contributed by atoms with E-state index in [9.17, 15) is 23.4 Å². The third-order valence-electron chi connectivity index (χ3n) is 6.23. The van der Waals surface area contributed by atoms with Crippen LogP contribution >= 0.6 is 0 Å². The monoisotopic (exact) mass is 554 g/mol. The van der Waals surface area contributed by atoms with Gasteiger partial charge < -0.3 is 29.9 Å². The number of aliphatic hydroxyl groups excluding tert-OH is 1. The van der Waals surface area contributed by atoms with Gasteiger partial charge in [-0.2, -0.15) is 0 Å². The van der Waals surface area contributed by atoms with Crippen LogP contribution in [-0.4, -0.2) is 51.5 Å². The van der Waals surface area contributed by atoms with Crippen LogP contribution in [0.5, 0.6) is 11.5 Å². The zero-order valence-electron chi connectivity index (χ0n) is 21.4. The molecule has 5 N–H and O–H groups in total. The maximum atomic E-state index is 12.6. The first-order valence-corrected chi connectivity index (χ1v) is 13.6. The summed E-state index contributed by atoms with van der Waals surface area (Å²) in [5, 5.41) is 33.1. The van der Waals surface area contributed by atoms with Gasteiger partial charge in [0.25, 0.3) is 10.0 Å². The first kappa shape index (κ1) is 27.9. The van der Waals surface area contributed by atoms with Crippen LogP contribution in [0.15, 0.2) is 78.0 Å². The Morgan fingerprint density at radius 3 is 2.56 bits per heavy atom. The van der Waals surface area contributed by atoms with E-state index in [4.69, 9.17) is 5.11 Å². The third kappa shape index (κ3) is 7.05. The number of phenols is 1. The van der Waals surface area contributed by atoms with E-state index in [1.807, 2.05) is 18.4 Å². The summed E-state index contributed by atoms with van der Waals surface area (Å²) in [6.07, 6.45) is -0.180. The molecule has 0 unspecified atom stereocenters. The average molecular weight is 555 g/mol. The molecular weight excluding hydrogens is 524 g/mol. The highest BCUT2D eigenvalue weighted by Gasteiger charge is 2.21. The van der Waals surface area contributed by atoms with Crippen LogP contribution in [0.1, 0.15) is 31.9 Å². The minimum atomic E-state index is -3.75. The number of aromatic nitrogens is 2. The Morgan fingerprint density at radius 1 is 1.10 bits per heavy atom. The second-order valence-electron chi connectivity index (χ2n) is 9.69. The Balaban J connectivity index is 1.36. The van der Waals surface area contributed by atoms with Gasteiger partial charge in [-0.25, -0.2) is 18.2 Å². The van der Waals surface area contributed by atoms with E-state index in [0.717, 1.165) is 0 Å². The number of imidazole rings is 1. The molecule has 1 aromatic heterocycles. The van der Waals surface area contributed by atoms with Crippen molar-refractivity contribution >= 4 is 32.9 Å². The number of rotatable bonds is 11. The van der Waals surface area contributed by atoms with E-state index in [0.29, 0.717) is 35.2 Å². The minimum Gasteiger partial charge on any atom is -0.504 e. The molecule has 39 heavy (non-hydrogen) atoms. The fraction of sp³-hybridized carbons (Fsp3) is 0.259. The topological polar surface area (TPSA) is 163 Å². The van der Waals surface area contributed by atoms with E-state index in [1.54, 1.807) is 48.8 Å². The maximum absolute atomic E-state index is 12.6. The van der Waals surface area contributed by atoms with E-state index >= 15 is 0 Å². The van der Waals surface area contributed by atoms with Crippen molar-refractivity contribution in [3.05, 3.63) is 78.6 Å². The number of benzene rings is 3. The summed E-state index contributed by atoms with van der Waals surface area (Å²) in [7, 11) is -3.75. The number of nitrogens with zero attached hydrogens (tertiary/aromatic N) is 2. The lowest BCUT2D eigenvalue weighted by atomic mass is 9.99. The average Bonchev–Trinajstić information content (AvgIpc) is 3.28. The largest absolute Gasteiger partial charge is 0.511 e. The van der Waals surface area contributed by atoms with Gasteiger partial charge in [0.15, 0.2) is 11.5 Å². The van der Waals surface area contributed by atoms with Gasteiger partial charge in [0.2, 0.25) is 0 Å². The van der Waals surface area contributed by atoms with Gasteiger partial charge in [-0.15, -0.1) is 0 Å². The van der Waals surface area contributed by atoms with Crippen molar-refractivity contribution in [2.24, 2.45) is 0 Å². The molecule has 4 rings (SSSR count). The quantitative estimate of drug-likeness (QED) is 0.136. The van der Waals surface area contributed by atoms with Crippen molar-refractivity contribution < 1.29 is 33.3 Å². The molecule has 3 aromatic carbocycles. The predicted molar refractivity (Wildman–Crippen MR) is 145 cm³/mol. The van der Waals surface area contributed by atoms with E-state index in [-0.39, 0.29) is 22.9 Å². The number of nitrogens with one attached hydrogen (secondary N) is 2. The van der Waals surface area contributed by atoms with E-state index in [2.05, 4.69) is 19.8 Å². The summed E-state index contributed by atoms with van der Waals surface area (Å²) in [6, 6.07) is 17.5. The number of hydrogen-bond donors (Lipinski definition) is 5. The lowest BCUT2D eigenvalue weighted by Gasteiger charge is -2.28. The van der Waals surface area contributed by atoms with Gasteiger partial charge in [0.1, 0.15) is 0 Å². The first-order chi connectivity index (χ1) is 18.4. The summed E-state index contributed by atoms with van der Waals surface area (Å²) in [5.74, 6) is -0.492. The maximum Gasteiger partial charge on any atom is 0.511 e. The standard InChI is InChI=1S/C27H30N4O7S/c1-27(2,11-12-31-17-28-21-14-25(38-26(34)35)23(32)15-22(21)31)29-16-24(33)18-7-6-8-19(13-18)30-39(36,37)20-9-4-3-5-10-20/h3-10,13-15,17,24,29-30,32-33H,11-12,16H2,1-2H3,(H,34,35)/t24-/m0/s1. The number of aliphatic hydroxyl groups is 1. The molecule has 0 aliphatic rings. The van der Waals surface area contributed by atoms with Crippen molar-refractivity contribution in [3.8, 4) is 11.5 Å². The molecule has 12 heteroatoms. The number of ether oxygens (including phenoxy) is 1. The number of anilines is 1. The van der Waals surface area contributed by atoms with E-state index < -0.39 is 27.8 Å².